The van der Waals surface area contributed by atoms with Crippen LogP contribution in [0.25, 0.3) is 0 Å². The fraction of sp³-hybridized carbons (Fsp3) is 0.458. The minimum absolute atomic E-state index is 0.254. The van der Waals surface area contributed by atoms with Crippen molar-refractivity contribution >= 4 is 11.6 Å². The van der Waals surface area contributed by atoms with Gasteiger partial charge < -0.3 is 14.7 Å². The number of piperazine rings is 1. The molecule has 0 radical (unpaired) electrons. The summed E-state index contributed by atoms with van der Waals surface area (Å²) in [6.07, 6.45) is -4.35. The van der Waals surface area contributed by atoms with Crippen molar-refractivity contribution in [2.75, 3.05) is 44.2 Å². The summed E-state index contributed by atoms with van der Waals surface area (Å²) in [7, 11) is 0. The number of rotatable bonds is 7. The third-order valence-electron chi connectivity index (χ3n) is 6.24. The molecule has 11 heteroatoms. The Morgan fingerprint density at radius 2 is 1.86 bits per heavy atom. The van der Waals surface area contributed by atoms with Gasteiger partial charge in [-0.3, -0.25) is 14.4 Å². The lowest BCUT2D eigenvalue weighted by molar-refractivity contribution is -0.137. The summed E-state index contributed by atoms with van der Waals surface area (Å²) in [5, 5.41) is 11.3. The average Bonchev–Trinajstić information content (AvgIpc) is 3.34. The number of aromatic nitrogens is 3. The lowest BCUT2D eigenvalue weighted by atomic mass is 10.1. The fourth-order valence-corrected chi connectivity index (χ4v) is 4.26. The molecule has 4 rings (SSSR count). The van der Waals surface area contributed by atoms with Crippen LogP contribution < -0.4 is 10.2 Å². The molecule has 0 bridgehead atoms. The molecule has 1 fully saturated rings. The van der Waals surface area contributed by atoms with Crippen LogP contribution in [-0.4, -0.2) is 65.0 Å². The zero-order chi connectivity index (χ0) is 25.2. The van der Waals surface area contributed by atoms with Crippen molar-refractivity contribution in [2.24, 2.45) is 0 Å². The second kappa shape index (κ2) is 10.1. The van der Waals surface area contributed by atoms with Crippen LogP contribution in [-0.2, 0) is 12.7 Å². The molecule has 1 saturated heterocycles. The van der Waals surface area contributed by atoms with Gasteiger partial charge in [0.1, 0.15) is 5.76 Å². The maximum Gasteiger partial charge on any atom is 0.416 e. The van der Waals surface area contributed by atoms with Crippen molar-refractivity contribution in [3.8, 4) is 0 Å². The quantitative estimate of drug-likeness (QED) is 0.547. The minimum atomic E-state index is -4.35. The van der Waals surface area contributed by atoms with Gasteiger partial charge in [-0.2, -0.15) is 18.3 Å². The van der Waals surface area contributed by atoms with Crippen molar-refractivity contribution in [1.82, 2.24) is 25.2 Å². The Morgan fingerprint density at radius 3 is 2.51 bits per heavy atom. The Labute approximate surface area is 201 Å². The van der Waals surface area contributed by atoms with Gasteiger partial charge in [-0.05, 0) is 45.0 Å². The number of carbonyl (C=O) groups is 1. The van der Waals surface area contributed by atoms with Gasteiger partial charge in [0.25, 0.3) is 5.91 Å². The van der Waals surface area contributed by atoms with Crippen molar-refractivity contribution in [2.45, 2.75) is 33.5 Å². The Morgan fingerprint density at radius 1 is 1.11 bits per heavy atom. The van der Waals surface area contributed by atoms with Gasteiger partial charge in [-0.25, -0.2) is 0 Å². The molecule has 188 valence electrons. The maximum atomic E-state index is 13.0. The Kier molecular flexibility index (Phi) is 7.15. The largest absolute Gasteiger partial charge is 0.416 e. The molecule has 1 amide bonds. The van der Waals surface area contributed by atoms with Crippen LogP contribution in [0.15, 0.2) is 34.9 Å². The highest BCUT2D eigenvalue weighted by Crippen LogP contribution is 2.31. The van der Waals surface area contributed by atoms with Crippen LogP contribution in [0.1, 0.15) is 38.8 Å². The summed E-state index contributed by atoms with van der Waals surface area (Å²) in [4.78, 5) is 16.9. The number of nitrogens with zero attached hydrogens (tertiary/aromatic N) is 5. The number of alkyl halides is 3. The van der Waals surface area contributed by atoms with Crippen LogP contribution in [0.4, 0.5) is 18.9 Å². The first kappa shape index (κ1) is 24.8. The average molecular weight is 491 g/mol. The predicted octanol–water partition coefficient (Wildman–Crippen LogP) is 3.42. The SMILES string of the molecule is Cc1cc(C)n(Cc2c(C(=O)NCCN3CCN(c4cccc(C(F)(F)F)c4)CC3)noc2C)n1. The van der Waals surface area contributed by atoms with E-state index in [4.69, 9.17) is 4.52 Å². The highest BCUT2D eigenvalue weighted by molar-refractivity contribution is 5.93. The molecule has 1 N–H and O–H groups in total. The molecule has 35 heavy (non-hydrogen) atoms. The molecule has 1 aromatic carbocycles. The number of nitrogens with one attached hydrogen (secondary N) is 1. The van der Waals surface area contributed by atoms with Gasteiger partial charge in [0.15, 0.2) is 5.69 Å². The fourth-order valence-electron chi connectivity index (χ4n) is 4.26. The number of hydrogen-bond donors (Lipinski definition) is 1. The van der Waals surface area contributed by atoms with E-state index in [0.717, 1.165) is 17.5 Å². The normalized spacial score (nSPS) is 15.0. The summed E-state index contributed by atoms with van der Waals surface area (Å²) in [6.45, 7) is 9.71. The van der Waals surface area contributed by atoms with E-state index >= 15 is 0 Å². The molecule has 0 spiro atoms. The zero-order valence-electron chi connectivity index (χ0n) is 20.0. The molecule has 2 aromatic heterocycles. The maximum absolute atomic E-state index is 13.0. The number of carbonyl (C=O) groups excluding carboxylic acids is 1. The lowest BCUT2D eigenvalue weighted by Crippen LogP contribution is -2.48. The van der Waals surface area contributed by atoms with Crippen LogP contribution in [0.2, 0.25) is 0 Å². The van der Waals surface area contributed by atoms with Crippen LogP contribution in [0.3, 0.4) is 0 Å². The predicted molar refractivity (Wildman–Crippen MR) is 124 cm³/mol. The van der Waals surface area contributed by atoms with Crippen molar-refractivity contribution in [3.05, 3.63) is 64.3 Å². The lowest BCUT2D eigenvalue weighted by Gasteiger charge is -2.36. The smallest absolute Gasteiger partial charge is 0.369 e. The highest BCUT2D eigenvalue weighted by atomic mass is 19.4. The molecular weight excluding hydrogens is 461 g/mol. The van der Waals surface area contributed by atoms with E-state index in [-0.39, 0.29) is 11.6 Å². The van der Waals surface area contributed by atoms with Gasteiger partial charge in [-0.15, -0.1) is 0 Å². The van der Waals surface area contributed by atoms with E-state index in [1.807, 2.05) is 29.5 Å². The molecule has 0 atom stereocenters. The molecular formula is C24H29F3N6O2. The first-order valence-corrected chi connectivity index (χ1v) is 11.5. The van der Waals surface area contributed by atoms with E-state index < -0.39 is 11.7 Å². The molecule has 8 nitrogen and oxygen atoms in total. The van der Waals surface area contributed by atoms with Crippen LogP contribution >= 0.6 is 0 Å². The number of amides is 1. The summed E-state index contributed by atoms with van der Waals surface area (Å²) in [6, 6.07) is 7.39. The van der Waals surface area contributed by atoms with Crippen LogP contribution in [0.5, 0.6) is 0 Å². The van der Waals surface area contributed by atoms with Gasteiger partial charge in [-0.1, -0.05) is 11.2 Å². The van der Waals surface area contributed by atoms with E-state index in [1.165, 1.54) is 12.1 Å². The number of benzene rings is 1. The van der Waals surface area contributed by atoms with Gasteiger partial charge >= 0.3 is 6.18 Å². The second-order valence-corrected chi connectivity index (χ2v) is 8.78. The van der Waals surface area contributed by atoms with E-state index in [0.29, 0.717) is 62.8 Å². The molecule has 1 aliphatic rings. The summed E-state index contributed by atoms with van der Waals surface area (Å²) < 4.78 is 46.1. The third-order valence-corrected chi connectivity index (χ3v) is 6.24. The van der Waals surface area contributed by atoms with Crippen LogP contribution in [0, 0.1) is 20.8 Å². The standard InChI is InChI=1S/C24H29F3N6O2/c1-16-13-17(2)33(29-16)15-21-18(3)35-30-22(21)23(34)28-7-8-31-9-11-32(12-10-31)20-6-4-5-19(14-20)24(25,26)27/h4-6,13-14H,7-12,15H2,1-3H3,(H,28,34). The number of hydrogen-bond acceptors (Lipinski definition) is 6. The summed E-state index contributed by atoms with van der Waals surface area (Å²) in [5.74, 6) is 0.273. The number of halogens is 3. The first-order chi connectivity index (χ1) is 16.6. The van der Waals surface area contributed by atoms with Gasteiger partial charge in [0.05, 0.1) is 17.8 Å². The Hall–Kier alpha value is -3.34. The first-order valence-electron chi connectivity index (χ1n) is 11.5. The number of anilines is 1. The number of aryl methyl sites for hydroxylation is 3. The Bertz CT molecular complexity index is 1180. The third kappa shape index (κ3) is 5.84. The Balaban J connectivity index is 1.27. The molecule has 3 aromatic rings. The van der Waals surface area contributed by atoms with Crippen molar-refractivity contribution < 1.29 is 22.5 Å². The molecule has 0 unspecified atom stereocenters. The zero-order valence-corrected chi connectivity index (χ0v) is 20.0. The van der Waals surface area contributed by atoms with Gasteiger partial charge in [0.2, 0.25) is 0 Å². The summed E-state index contributed by atoms with van der Waals surface area (Å²) >= 11 is 0. The van der Waals surface area contributed by atoms with Crippen molar-refractivity contribution in [1.29, 1.82) is 0 Å². The molecule has 1 aliphatic heterocycles. The monoisotopic (exact) mass is 490 g/mol. The van der Waals surface area contributed by atoms with Gasteiger partial charge in [0, 0.05) is 56.2 Å². The van der Waals surface area contributed by atoms with E-state index in [2.05, 4.69) is 20.5 Å². The molecule has 0 aliphatic carbocycles. The summed E-state index contributed by atoms with van der Waals surface area (Å²) in [5.41, 5.74) is 2.77. The van der Waals surface area contributed by atoms with E-state index in [9.17, 15) is 18.0 Å². The van der Waals surface area contributed by atoms with Crippen molar-refractivity contribution in [3.63, 3.8) is 0 Å². The second-order valence-electron chi connectivity index (χ2n) is 8.78. The molecule has 0 saturated carbocycles. The topological polar surface area (TPSA) is 79.4 Å². The highest BCUT2D eigenvalue weighted by Gasteiger charge is 2.31. The molecule has 3 heterocycles. The van der Waals surface area contributed by atoms with E-state index in [1.54, 1.807) is 13.0 Å². The minimum Gasteiger partial charge on any atom is -0.369 e.